The minimum atomic E-state index is -4.05. The Morgan fingerprint density at radius 3 is 2.09 bits per heavy atom. The number of hydrogen-bond acceptors (Lipinski definition) is 6. The van der Waals surface area contributed by atoms with Crippen LogP contribution in [0.2, 0.25) is 0 Å². The van der Waals surface area contributed by atoms with Crippen molar-refractivity contribution < 1.29 is 23.1 Å². The van der Waals surface area contributed by atoms with Crippen LogP contribution in [-0.2, 0) is 19.4 Å². The third kappa shape index (κ3) is 3.85. The van der Waals surface area contributed by atoms with Crippen LogP contribution < -0.4 is 11.5 Å². The van der Waals surface area contributed by atoms with E-state index in [-0.39, 0.29) is 4.90 Å². The lowest BCUT2D eigenvalue weighted by molar-refractivity contribution is -0.139. The largest absolute Gasteiger partial charge is 0.481 e. The maximum Gasteiger partial charge on any atom is 0.305 e. The highest BCUT2D eigenvalue weighted by Gasteiger charge is 2.60. The molecule has 0 aromatic heterocycles. The number of carboxylic acids is 1. The summed E-state index contributed by atoms with van der Waals surface area (Å²) in [5, 5.41) is 9.42. The number of Topliss-reactive ketones (excluding diaryl/α,β-unsaturated/α-hetero) is 1. The number of sulfone groups is 1. The van der Waals surface area contributed by atoms with E-state index in [9.17, 15) is 18.0 Å². The van der Waals surface area contributed by atoms with Crippen molar-refractivity contribution in [2.75, 3.05) is 0 Å². The number of nitrogens with two attached hydrogens (primary N) is 2. The van der Waals surface area contributed by atoms with Crippen molar-refractivity contribution >= 4 is 32.4 Å². The normalized spacial score (nSPS) is 30.7. The smallest absolute Gasteiger partial charge is 0.305 e. The van der Waals surface area contributed by atoms with Gasteiger partial charge in [-0.15, -0.1) is 0 Å². The molecule has 3 atom stereocenters. The Hall–Kier alpha value is -2.29. The van der Waals surface area contributed by atoms with Gasteiger partial charge in [-0.1, -0.05) is 36.4 Å². The van der Waals surface area contributed by atoms with Gasteiger partial charge in [-0.3, -0.25) is 9.59 Å². The molecule has 182 valence electrons. The van der Waals surface area contributed by atoms with E-state index in [1.807, 2.05) is 18.2 Å². The molecule has 4 fully saturated rings. The Morgan fingerprint density at radius 2 is 1.50 bits per heavy atom. The first-order valence-corrected chi connectivity index (χ1v) is 13.6. The zero-order valence-electron chi connectivity index (χ0n) is 19.1. The van der Waals surface area contributed by atoms with E-state index >= 15 is 0 Å². The van der Waals surface area contributed by atoms with Crippen LogP contribution in [0.25, 0.3) is 10.8 Å². The summed E-state index contributed by atoms with van der Waals surface area (Å²) >= 11 is 0. The molecule has 34 heavy (non-hydrogen) atoms. The molecule has 7 nitrogen and oxygen atoms in total. The van der Waals surface area contributed by atoms with Gasteiger partial charge in [-0.25, -0.2) is 8.42 Å². The quantitative estimate of drug-likeness (QED) is 0.523. The first-order valence-electron chi connectivity index (χ1n) is 12.1. The van der Waals surface area contributed by atoms with Crippen LogP contribution in [0.15, 0.2) is 47.4 Å². The van der Waals surface area contributed by atoms with Crippen LogP contribution in [0.1, 0.15) is 44.9 Å². The zero-order valence-corrected chi connectivity index (χ0v) is 19.9. The Bertz CT molecular complexity index is 1200. The molecule has 0 heterocycles. The van der Waals surface area contributed by atoms with Crippen molar-refractivity contribution in [3.8, 4) is 0 Å². The molecule has 2 aromatic carbocycles. The lowest BCUT2D eigenvalue weighted by atomic mass is 9.48. The van der Waals surface area contributed by atoms with Crippen molar-refractivity contribution in [1.82, 2.24) is 0 Å². The third-order valence-electron chi connectivity index (χ3n) is 8.49. The highest BCUT2D eigenvalue weighted by atomic mass is 32.2. The molecule has 4 aliphatic carbocycles. The summed E-state index contributed by atoms with van der Waals surface area (Å²) in [5.74, 6) is -0.548. The number of carbonyl (C=O) groups is 2. The maximum absolute atomic E-state index is 14.5. The average molecular weight is 485 g/mol. The Labute approximate surface area is 199 Å². The number of rotatable bonds is 8. The van der Waals surface area contributed by atoms with E-state index in [1.54, 1.807) is 24.3 Å². The number of hydrogen-bond donors (Lipinski definition) is 3. The van der Waals surface area contributed by atoms with Crippen LogP contribution in [0.5, 0.6) is 0 Å². The molecule has 0 radical (unpaired) electrons. The molecule has 0 amide bonds. The van der Waals surface area contributed by atoms with Crippen LogP contribution >= 0.6 is 0 Å². The lowest BCUT2D eigenvalue weighted by Gasteiger charge is -2.59. The van der Waals surface area contributed by atoms with E-state index in [1.165, 1.54) is 0 Å². The topological polar surface area (TPSA) is 141 Å². The highest BCUT2D eigenvalue weighted by Crippen LogP contribution is 2.63. The highest BCUT2D eigenvalue weighted by molar-refractivity contribution is 7.92. The summed E-state index contributed by atoms with van der Waals surface area (Å²) in [5.41, 5.74) is 11.8. The molecular weight excluding hydrogens is 452 g/mol. The molecule has 8 heteroatoms. The van der Waals surface area contributed by atoms with Crippen LogP contribution in [0.4, 0.5) is 0 Å². The predicted octanol–water partition coefficient (Wildman–Crippen LogP) is 2.90. The Morgan fingerprint density at radius 1 is 0.941 bits per heavy atom. The number of benzene rings is 2. The minimum absolute atomic E-state index is 0.182. The standard InChI is InChI=1S/C26H32N2O5S/c27-20(11-22(29)30)24(31)23(28)25(26-12-15-8-16(13-26)10-17(9-15)14-26)34(32,33)21-7-3-5-18-4-1-2-6-19(18)21/h1-7,15-17,20,23,25H,8-14,27-28H2,(H,29,30)/t15?,16?,17?,20-,23?,25?,26?/m0/s1. The number of fused-ring (bicyclic) bond motifs is 1. The van der Waals surface area contributed by atoms with Crippen LogP contribution in [0, 0.1) is 23.2 Å². The molecule has 0 saturated heterocycles. The Kier molecular flexibility index (Phi) is 5.81. The third-order valence-corrected chi connectivity index (χ3v) is 10.9. The van der Waals surface area contributed by atoms with Gasteiger partial charge < -0.3 is 16.6 Å². The van der Waals surface area contributed by atoms with Crippen LogP contribution in [-0.4, -0.2) is 42.6 Å². The fourth-order valence-electron chi connectivity index (χ4n) is 7.69. The van der Waals surface area contributed by atoms with Gasteiger partial charge in [0.1, 0.15) is 0 Å². The fourth-order valence-corrected chi connectivity index (χ4v) is 10.2. The summed E-state index contributed by atoms with van der Waals surface area (Å²) in [6.07, 6.45) is 4.98. The van der Waals surface area contributed by atoms with Crippen molar-refractivity contribution in [2.45, 2.75) is 67.2 Å². The molecule has 4 saturated carbocycles. The summed E-state index contributed by atoms with van der Waals surface area (Å²) < 4.78 is 28.9. The molecule has 4 bridgehead atoms. The predicted molar refractivity (Wildman–Crippen MR) is 129 cm³/mol. The minimum Gasteiger partial charge on any atom is -0.481 e. The summed E-state index contributed by atoms with van der Waals surface area (Å²) in [7, 11) is -4.05. The maximum atomic E-state index is 14.5. The number of carbonyl (C=O) groups excluding carboxylic acids is 1. The Balaban J connectivity index is 1.64. The summed E-state index contributed by atoms with van der Waals surface area (Å²) in [6, 6.07) is 9.76. The molecule has 5 N–H and O–H groups in total. The van der Waals surface area contributed by atoms with Gasteiger partial charge in [0.25, 0.3) is 0 Å². The molecule has 0 spiro atoms. The van der Waals surface area contributed by atoms with Gasteiger partial charge in [0.05, 0.1) is 28.6 Å². The molecular formula is C26H32N2O5S. The van der Waals surface area contributed by atoms with Gasteiger partial charge in [-0.05, 0) is 73.1 Å². The van der Waals surface area contributed by atoms with Gasteiger partial charge in [0, 0.05) is 5.39 Å². The molecule has 0 aliphatic heterocycles. The zero-order chi connectivity index (χ0) is 24.3. The van der Waals surface area contributed by atoms with E-state index < -0.39 is 50.8 Å². The lowest BCUT2D eigenvalue weighted by Crippen LogP contribution is -2.63. The van der Waals surface area contributed by atoms with Crippen molar-refractivity contribution in [2.24, 2.45) is 34.6 Å². The van der Waals surface area contributed by atoms with E-state index in [4.69, 9.17) is 16.6 Å². The summed E-state index contributed by atoms with van der Waals surface area (Å²) in [6.45, 7) is 0. The SMILES string of the molecule is NC(C(=O)[C@@H](N)CC(=O)O)C(C12CC3CC(CC(C3)C1)C2)S(=O)(=O)c1cccc2ccccc12. The van der Waals surface area contributed by atoms with Crippen molar-refractivity contribution in [1.29, 1.82) is 0 Å². The van der Waals surface area contributed by atoms with E-state index in [0.717, 1.165) is 43.9 Å². The van der Waals surface area contributed by atoms with Gasteiger partial charge in [0.2, 0.25) is 0 Å². The monoisotopic (exact) mass is 484 g/mol. The van der Waals surface area contributed by atoms with Gasteiger partial charge >= 0.3 is 5.97 Å². The van der Waals surface area contributed by atoms with Crippen molar-refractivity contribution in [3.63, 3.8) is 0 Å². The number of ketones is 1. The second-order valence-corrected chi connectivity index (χ2v) is 12.9. The first-order chi connectivity index (χ1) is 16.1. The first kappa shape index (κ1) is 23.5. The molecule has 2 unspecified atom stereocenters. The second-order valence-electron chi connectivity index (χ2n) is 10.9. The number of aliphatic carboxylic acids is 1. The molecule has 6 rings (SSSR count). The van der Waals surface area contributed by atoms with Gasteiger partial charge in [-0.2, -0.15) is 0 Å². The fraction of sp³-hybridized carbons (Fsp3) is 0.538. The van der Waals surface area contributed by atoms with Gasteiger partial charge in [0.15, 0.2) is 15.6 Å². The average Bonchev–Trinajstić information content (AvgIpc) is 2.76. The number of carboxylic acid groups (broad SMARTS) is 1. The van der Waals surface area contributed by atoms with E-state index in [2.05, 4.69) is 0 Å². The van der Waals surface area contributed by atoms with E-state index in [0.29, 0.717) is 23.1 Å². The van der Waals surface area contributed by atoms with Crippen molar-refractivity contribution in [3.05, 3.63) is 42.5 Å². The summed E-state index contributed by atoms with van der Waals surface area (Å²) in [4.78, 5) is 24.7. The second kappa shape index (κ2) is 8.43. The molecule has 4 aliphatic rings. The van der Waals surface area contributed by atoms with Crippen LogP contribution in [0.3, 0.4) is 0 Å². The molecule has 2 aromatic rings.